The number of piperidine rings is 1. The third-order valence-corrected chi connectivity index (χ3v) is 4.60. The van der Waals surface area contributed by atoms with Gasteiger partial charge in [-0.3, -0.25) is 0 Å². The molecule has 3 heteroatoms. The molecule has 0 amide bonds. The van der Waals surface area contributed by atoms with Crippen LogP contribution in [0, 0.1) is 5.82 Å². The van der Waals surface area contributed by atoms with Gasteiger partial charge in [0, 0.05) is 0 Å². The van der Waals surface area contributed by atoms with Crippen molar-refractivity contribution in [3.63, 3.8) is 0 Å². The molecule has 1 aliphatic rings. The Labute approximate surface area is 121 Å². The summed E-state index contributed by atoms with van der Waals surface area (Å²) in [5.74, 6) is -0.670. The standard InChI is InChI=1S/C17H26FNO/c1-19(13-6-3-7-14-19)12-5-2-4-9-15-10-8-11-16(20)17(15)18/h8,10-11H,2-7,9,12-14H2,1H3/p+1. The van der Waals surface area contributed by atoms with Crippen molar-refractivity contribution in [3.8, 4) is 5.75 Å². The monoisotopic (exact) mass is 280 g/mol. The molecule has 1 N–H and O–H groups in total. The van der Waals surface area contributed by atoms with Crippen LogP contribution in [0.25, 0.3) is 0 Å². The zero-order valence-corrected chi connectivity index (χ0v) is 12.6. The van der Waals surface area contributed by atoms with E-state index in [4.69, 9.17) is 0 Å². The van der Waals surface area contributed by atoms with E-state index in [-0.39, 0.29) is 5.75 Å². The second-order valence-electron chi connectivity index (χ2n) is 6.41. The Hall–Kier alpha value is -1.09. The summed E-state index contributed by atoms with van der Waals surface area (Å²) in [5, 5.41) is 9.33. The van der Waals surface area contributed by atoms with Gasteiger partial charge in [0.05, 0.1) is 26.7 Å². The second kappa shape index (κ2) is 7.07. The highest BCUT2D eigenvalue weighted by Crippen LogP contribution is 2.21. The van der Waals surface area contributed by atoms with Crippen LogP contribution in [0.5, 0.6) is 5.75 Å². The number of unbranched alkanes of at least 4 members (excludes halogenated alkanes) is 2. The van der Waals surface area contributed by atoms with Gasteiger partial charge >= 0.3 is 0 Å². The smallest absolute Gasteiger partial charge is 0.167 e. The Morgan fingerprint density at radius 1 is 1.10 bits per heavy atom. The Balaban J connectivity index is 1.67. The van der Waals surface area contributed by atoms with Crippen LogP contribution in [0.4, 0.5) is 4.39 Å². The van der Waals surface area contributed by atoms with E-state index in [2.05, 4.69) is 7.05 Å². The van der Waals surface area contributed by atoms with E-state index in [1.165, 1.54) is 55.9 Å². The van der Waals surface area contributed by atoms with E-state index < -0.39 is 5.82 Å². The van der Waals surface area contributed by atoms with Crippen molar-refractivity contribution in [1.82, 2.24) is 0 Å². The summed E-state index contributed by atoms with van der Waals surface area (Å²) in [5.41, 5.74) is 0.642. The summed E-state index contributed by atoms with van der Waals surface area (Å²) in [7, 11) is 2.37. The average molecular weight is 280 g/mol. The van der Waals surface area contributed by atoms with Gasteiger partial charge in [-0.25, -0.2) is 4.39 Å². The fourth-order valence-electron chi connectivity index (χ4n) is 3.24. The Morgan fingerprint density at radius 3 is 2.60 bits per heavy atom. The lowest BCUT2D eigenvalue weighted by Gasteiger charge is -2.37. The number of quaternary nitrogens is 1. The Kier molecular flexibility index (Phi) is 5.41. The van der Waals surface area contributed by atoms with E-state index in [1.807, 2.05) is 0 Å². The van der Waals surface area contributed by atoms with Crippen molar-refractivity contribution < 1.29 is 14.0 Å². The van der Waals surface area contributed by atoms with Gasteiger partial charge in [0.2, 0.25) is 0 Å². The number of phenolic OH excluding ortho intramolecular Hbond substituents is 1. The molecule has 20 heavy (non-hydrogen) atoms. The normalized spacial score (nSPS) is 18.1. The topological polar surface area (TPSA) is 20.2 Å². The molecule has 0 radical (unpaired) electrons. The molecule has 112 valence electrons. The number of halogens is 1. The summed E-state index contributed by atoms with van der Waals surface area (Å²) in [6.45, 7) is 3.89. The number of nitrogens with zero attached hydrogens (tertiary/aromatic N) is 1. The molecule has 0 unspecified atom stereocenters. The highest BCUT2D eigenvalue weighted by molar-refractivity contribution is 5.29. The van der Waals surface area contributed by atoms with Crippen LogP contribution in [0.2, 0.25) is 0 Å². The van der Waals surface area contributed by atoms with Crippen molar-refractivity contribution in [2.75, 3.05) is 26.7 Å². The maximum absolute atomic E-state index is 13.6. The van der Waals surface area contributed by atoms with E-state index >= 15 is 0 Å². The van der Waals surface area contributed by atoms with Crippen LogP contribution in [0.15, 0.2) is 18.2 Å². The molecule has 0 atom stereocenters. The molecule has 0 aromatic heterocycles. The minimum Gasteiger partial charge on any atom is -0.505 e. The highest BCUT2D eigenvalue weighted by atomic mass is 19.1. The summed E-state index contributed by atoms with van der Waals surface area (Å²) in [6.07, 6.45) is 8.21. The van der Waals surface area contributed by atoms with Crippen LogP contribution in [-0.4, -0.2) is 36.3 Å². The van der Waals surface area contributed by atoms with Crippen LogP contribution < -0.4 is 0 Å². The number of aromatic hydroxyl groups is 1. The van der Waals surface area contributed by atoms with Gasteiger partial charge in [0.15, 0.2) is 11.6 Å². The van der Waals surface area contributed by atoms with Gasteiger partial charge in [-0.1, -0.05) is 12.1 Å². The minimum absolute atomic E-state index is 0.228. The number of benzene rings is 1. The summed E-state index contributed by atoms with van der Waals surface area (Å²) in [6, 6.07) is 4.89. The number of likely N-dealkylation sites (tertiary alicyclic amines) is 1. The largest absolute Gasteiger partial charge is 0.505 e. The predicted octanol–water partition coefficient (Wildman–Crippen LogP) is 3.87. The average Bonchev–Trinajstić information content (AvgIpc) is 2.44. The van der Waals surface area contributed by atoms with E-state index in [1.54, 1.807) is 12.1 Å². The van der Waals surface area contributed by atoms with Crippen molar-refractivity contribution in [2.24, 2.45) is 0 Å². The van der Waals surface area contributed by atoms with Gasteiger partial charge in [0.25, 0.3) is 0 Å². The Bertz CT molecular complexity index is 427. The van der Waals surface area contributed by atoms with Crippen LogP contribution >= 0.6 is 0 Å². The highest BCUT2D eigenvalue weighted by Gasteiger charge is 2.23. The lowest BCUT2D eigenvalue weighted by atomic mass is 10.0. The maximum Gasteiger partial charge on any atom is 0.167 e. The fourth-order valence-corrected chi connectivity index (χ4v) is 3.24. The molecule has 2 rings (SSSR count). The number of phenols is 1. The number of hydrogen-bond donors (Lipinski definition) is 1. The molecule has 1 fully saturated rings. The van der Waals surface area contributed by atoms with Crippen LogP contribution in [0.3, 0.4) is 0 Å². The molecule has 0 aliphatic carbocycles. The van der Waals surface area contributed by atoms with Crippen molar-refractivity contribution in [1.29, 1.82) is 0 Å². The van der Waals surface area contributed by atoms with E-state index in [0.717, 1.165) is 19.3 Å². The molecule has 0 saturated carbocycles. The van der Waals surface area contributed by atoms with Crippen molar-refractivity contribution in [3.05, 3.63) is 29.6 Å². The zero-order chi connectivity index (χ0) is 14.4. The molecular formula is C17H27FNO+. The molecule has 0 spiro atoms. The lowest BCUT2D eigenvalue weighted by molar-refractivity contribution is -0.914. The van der Waals surface area contributed by atoms with Crippen LogP contribution in [0.1, 0.15) is 44.1 Å². The quantitative estimate of drug-likeness (QED) is 0.619. The van der Waals surface area contributed by atoms with E-state index in [0.29, 0.717) is 5.56 Å². The third-order valence-electron chi connectivity index (χ3n) is 4.60. The van der Waals surface area contributed by atoms with Gasteiger partial charge in [-0.05, 0) is 56.6 Å². The third kappa shape index (κ3) is 4.20. The molecule has 1 heterocycles. The first-order chi connectivity index (χ1) is 9.61. The molecular weight excluding hydrogens is 253 g/mol. The molecule has 1 aliphatic heterocycles. The van der Waals surface area contributed by atoms with Gasteiger partial charge in [-0.15, -0.1) is 0 Å². The maximum atomic E-state index is 13.6. The van der Waals surface area contributed by atoms with Gasteiger partial charge < -0.3 is 9.59 Å². The molecule has 2 nitrogen and oxygen atoms in total. The SMILES string of the molecule is C[N+]1(CCCCCc2cccc(O)c2F)CCCCC1. The summed E-state index contributed by atoms with van der Waals surface area (Å²) < 4.78 is 14.8. The van der Waals surface area contributed by atoms with Gasteiger partial charge in [-0.2, -0.15) is 0 Å². The summed E-state index contributed by atoms with van der Waals surface area (Å²) in [4.78, 5) is 0. The van der Waals surface area contributed by atoms with Crippen molar-refractivity contribution >= 4 is 0 Å². The van der Waals surface area contributed by atoms with E-state index in [9.17, 15) is 9.50 Å². The van der Waals surface area contributed by atoms with Crippen LogP contribution in [-0.2, 0) is 6.42 Å². The molecule has 1 aromatic rings. The molecule has 0 bridgehead atoms. The Morgan fingerprint density at radius 2 is 1.85 bits per heavy atom. The number of aryl methyl sites for hydroxylation is 1. The number of hydrogen-bond acceptors (Lipinski definition) is 1. The number of rotatable bonds is 6. The summed E-state index contributed by atoms with van der Waals surface area (Å²) >= 11 is 0. The first-order valence-corrected chi connectivity index (χ1v) is 7.91. The fraction of sp³-hybridized carbons (Fsp3) is 0.647. The first kappa shape index (κ1) is 15.3. The molecule has 1 aromatic carbocycles. The molecule has 1 saturated heterocycles. The zero-order valence-electron chi connectivity index (χ0n) is 12.6. The predicted molar refractivity (Wildman–Crippen MR) is 80.3 cm³/mol. The van der Waals surface area contributed by atoms with Crippen molar-refractivity contribution in [2.45, 2.75) is 44.9 Å². The van der Waals surface area contributed by atoms with Gasteiger partial charge in [0.1, 0.15) is 0 Å². The second-order valence-corrected chi connectivity index (χ2v) is 6.41. The minimum atomic E-state index is -0.442. The lowest BCUT2D eigenvalue weighted by Crippen LogP contribution is -2.48. The first-order valence-electron chi connectivity index (χ1n) is 7.91.